The molecule has 5 nitrogen and oxygen atoms in total. The third-order valence-corrected chi connectivity index (χ3v) is 3.41. The van der Waals surface area contributed by atoms with E-state index in [9.17, 15) is 9.90 Å². The largest absolute Gasteiger partial charge is 0.494 e. The number of rotatable bonds is 3. The first-order chi connectivity index (χ1) is 9.77. The van der Waals surface area contributed by atoms with Crippen LogP contribution in [0.25, 0.3) is 5.69 Å². The number of aromatic nitrogens is 2. The number of hydrogen-bond donors (Lipinski definition) is 1. The number of nitrogens with zero attached hydrogens (tertiary/aromatic N) is 2. The van der Waals surface area contributed by atoms with Gasteiger partial charge < -0.3 is 9.84 Å². The lowest BCUT2D eigenvalue weighted by Crippen LogP contribution is -2.18. The maximum absolute atomic E-state index is 11.3. The molecule has 6 heteroatoms. The Labute approximate surface area is 128 Å². The highest BCUT2D eigenvalue weighted by atomic mass is 35.5. The summed E-state index contributed by atoms with van der Waals surface area (Å²) in [6.45, 7) is 5.86. The number of aromatic carboxylic acids is 1. The zero-order valence-corrected chi connectivity index (χ0v) is 13.1. The highest BCUT2D eigenvalue weighted by Gasteiger charge is 2.30. The van der Waals surface area contributed by atoms with Gasteiger partial charge in [-0.3, -0.25) is 0 Å². The number of carbonyl (C=O) groups is 1. The number of methoxy groups -OCH3 is 1. The molecule has 2 rings (SSSR count). The first-order valence-electron chi connectivity index (χ1n) is 6.43. The van der Waals surface area contributed by atoms with E-state index in [0.29, 0.717) is 17.1 Å². The molecule has 0 unspecified atom stereocenters. The highest BCUT2D eigenvalue weighted by molar-refractivity contribution is 6.34. The second-order valence-corrected chi connectivity index (χ2v) is 6.03. The highest BCUT2D eigenvalue weighted by Crippen LogP contribution is 2.35. The Morgan fingerprint density at radius 2 is 1.95 bits per heavy atom. The molecule has 2 aromatic rings. The van der Waals surface area contributed by atoms with Crippen molar-refractivity contribution in [2.45, 2.75) is 26.2 Å². The molecule has 0 radical (unpaired) electrons. The molecule has 1 N–H and O–H groups in total. The van der Waals surface area contributed by atoms with E-state index < -0.39 is 5.97 Å². The summed E-state index contributed by atoms with van der Waals surface area (Å²) in [5.41, 5.74) is 0.747. The Hall–Kier alpha value is -2.01. The maximum Gasteiger partial charge on any atom is 0.358 e. The van der Waals surface area contributed by atoms with Gasteiger partial charge in [0.1, 0.15) is 11.4 Å². The topological polar surface area (TPSA) is 64.4 Å². The Bertz CT molecular complexity index is 687. The van der Waals surface area contributed by atoms with Gasteiger partial charge in [-0.15, -0.1) is 0 Å². The summed E-state index contributed by atoms with van der Waals surface area (Å²) in [5.74, 6) is -0.557. The first kappa shape index (κ1) is 15.4. The fourth-order valence-corrected chi connectivity index (χ4v) is 2.64. The van der Waals surface area contributed by atoms with Crippen molar-refractivity contribution in [1.82, 2.24) is 9.78 Å². The lowest BCUT2D eigenvalue weighted by molar-refractivity contribution is 0.0690. The van der Waals surface area contributed by atoms with Gasteiger partial charge in [0.2, 0.25) is 0 Å². The normalized spacial score (nSPS) is 11.5. The molecular weight excluding hydrogens is 292 g/mol. The molecule has 0 atom stereocenters. The average molecular weight is 309 g/mol. The standard InChI is InChI=1S/C15H17ClN2O3/c1-15(2,3)13-11(16)12(14(19)20)17-18(13)9-7-5-6-8-10(9)21-4/h5-8H,1-4H3,(H,19,20). The van der Waals surface area contributed by atoms with Gasteiger partial charge in [-0.1, -0.05) is 44.5 Å². The van der Waals surface area contributed by atoms with E-state index in [0.717, 1.165) is 0 Å². The van der Waals surface area contributed by atoms with Crippen LogP contribution in [0.4, 0.5) is 0 Å². The van der Waals surface area contributed by atoms with Gasteiger partial charge in [0.25, 0.3) is 0 Å². The summed E-state index contributed by atoms with van der Waals surface area (Å²) < 4.78 is 6.87. The second-order valence-electron chi connectivity index (χ2n) is 5.65. The van der Waals surface area contributed by atoms with Gasteiger partial charge >= 0.3 is 5.97 Å². The van der Waals surface area contributed by atoms with Crippen molar-refractivity contribution in [2.24, 2.45) is 0 Å². The van der Waals surface area contributed by atoms with Gasteiger partial charge in [-0.05, 0) is 12.1 Å². The van der Waals surface area contributed by atoms with Crippen molar-refractivity contribution in [3.05, 3.63) is 40.7 Å². The molecule has 0 aliphatic heterocycles. The minimum Gasteiger partial charge on any atom is -0.494 e. The van der Waals surface area contributed by atoms with Crippen molar-refractivity contribution in [1.29, 1.82) is 0 Å². The summed E-state index contributed by atoms with van der Waals surface area (Å²) in [4.78, 5) is 11.3. The Morgan fingerprint density at radius 1 is 1.33 bits per heavy atom. The number of benzene rings is 1. The molecule has 0 saturated heterocycles. The lowest BCUT2D eigenvalue weighted by atomic mass is 9.91. The Kier molecular flexibility index (Phi) is 3.96. The number of ether oxygens (including phenoxy) is 1. The molecule has 0 amide bonds. The van der Waals surface area contributed by atoms with E-state index in [4.69, 9.17) is 16.3 Å². The fourth-order valence-electron chi connectivity index (χ4n) is 2.16. The van der Waals surface area contributed by atoms with Crippen molar-refractivity contribution in [3.63, 3.8) is 0 Å². The summed E-state index contributed by atoms with van der Waals surface area (Å²) in [6.07, 6.45) is 0. The molecule has 0 aliphatic rings. The van der Waals surface area contributed by atoms with Crippen LogP contribution in [0.3, 0.4) is 0 Å². The fraction of sp³-hybridized carbons (Fsp3) is 0.333. The van der Waals surface area contributed by atoms with Crippen LogP contribution in [0.15, 0.2) is 24.3 Å². The van der Waals surface area contributed by atoms with Crippen LogP contribution >= 0.6 is 11.6 Å². The number of carboxylic acid groups (broad SMARTS) is 1. The van der Waals surface area contributed by atoms with Crippen LogP contribution in [-0.2, 0) is 5.41 Å². The van der Waals surface area contributed by atoms with Crippen molar-refractivity contribution in [3.8, 4) is 11.4 Å². The number of carboxylic acids is 1. The zero-order chi connectivity index (χ0) is 15.8. The van der Waals surface area contributed by atoms with Crippen LogP contribution in [0.1, 0.15) is 37.0 Å². The monoisotopic (exact) mass is 308 g/mol. The van der Waals surface area contributed by atoms with Crippen LogP contribution in [0.5, 0.6) is 5.75 Å². The molecule has 0 fully saturated rings. The zero-order valence-electron chi connectivity index (χ0n) is 12.3. The van der Waals surface area contributed by atoms with Gasteiger partial charge in [0.05, 0.1) is 17.8 Å². The van der Waals surface area contributed by atoms with E-state index >= 15 is 0 Å². The van der Waals surface area contributed by atoms with Crippen LogP contribution in [0, 0.1) is 0 Å². The summed E-state index contributed by atoms with van der Waals surface area (Å²) in [7, 11) is 1.55. The molecular formula is C15H17ClN2O3. The predicted molar refractivity (Wildman–Crippen MR) is 80.8 cm³/mol. The maximum atomic E-state index is 11.3. The molecule has 112 valence electrons. The summed E-state index contributed by atoms with van der Waals surface area (Å²) >= 11 is 6.25. The predicted octanol–water partition coefficient (Wildman–Crippen LogP) is 3.53. The Morgan fingerprint density at radius 3 is 2.48 bits per heavy atom. The van der Waals surface area contributed by atoms with E-state index in [-0.39, 0.29) is 16.1 Å². The number of hydrogen-bond acceptors (Lipinski definition) is 3. The second kappa shape index (κ2) is 5.41. The third kappa shape index (κ3) is 2.74. The third-order valence-electron chi connectivity index (χ3n) is 3.05. The molecule has 1 aromatic carbocycles. The first-order valence-corrected chi connectivity index (χ1v) is 6.81. The molecule has 0 bridgehead atoms. The van der Waals surface area contributed by atoms with Crippen LogP contribution in [0.2, 0.25) is 5.02 Å². The SMILES string of the molecule is COc1ccccc1-n1nc(C(=O)O)c(Cl)c1C(C)(C)C. The van der Waals surface area contributed by atoms with E-state index in [2.05, 4.69) is 5.10 Å². The van der Waals surface area contributed by atoms with Crippen molar-refractivity contribution >= 4 is 17.6 Å². The smallest absolute Gasteiger partial charge is 0.358 e. The van der Waals surface area contributed by atoms with Gasteiger partial charge in [0, 0.05) is 5.41 Å². The Balaban J connectivity index is 2.79. The quantitative estimate of drug-likeness (QED) is 0.942. The minimum absolute atomic E-state index is 0.154. The molecule has 0 saturated carbocycles. The van der Waals surface area contributed by atoms with E-state index in [1.54, 1.807) is 17.9 Å². The number of halogens is 1. The molecule has 1 heterocycles. The minimum atomic E-state index is -1.15. The van der Waals surface area contributed by atoms with Gasteiger partial charge in [-0.2, -0.15) is 5.10 Å². The van der Waals surface area contributed by atoms with E-state index in [1.807, 2.05) is 39.0 Å². The van der Waals surface area contributed by atoms with Crippen LogP contribution in [-0.4, -0.2) is 28.0 Å². The molecule has 0 aliphatic carbocycles. The van der Waals surface area contributed by atoms with Crippen molar-refractivity contribution in [2.75, 3.05) is 7.11 Å². The lowest BCUT2D eigenvalue weighted by Gasteiger charge is -2.21. The van der Waals surface area contributed by atoms with E-state index in [1.165, 1.54) is 0 Å². The average Bonchev–Trinajstić information content (AvgIpc) is 2.76. The summed E-state index contributed by atoms with van der Waals surface area (Å²) in [6, 6.07) is 7.27. The van der Waals surface area contributed by atoms with Gasteiger partial charge in [0.15, 0.2) is 5.69 Å². The van der Waals surface area contributed by atoms with Crippen molar-refractivity contribution < 1.29 is 14.6 Å². The number of para-hydroxylation sites is 2. The van der Waals surface area contributed by atoms with Crippen LogP contribution < -0.4 is 4.74 Å². The van der Waals surface area contributed by atoms with Gasteiger partial charge in [-0.25, -0.2) is 9.48 Å². The molecule has 1 aromatic heterocycles. The summed E-state index contributed by atoms with van der Waals surface area (Å²) in [5, 5.41) is 13.6. The molecule has 21 heavy (non-hydrogen) atoms. The molecule has 0 spiro atoms.